The van der Waals surface area contributed by atoms with E-state index in [1.54, 1.807) is 0 Å². The second kappa shape index (κ2) is 5.72. The van der Waals surface area contributed by atoms with E-state index < -0.39 is 0 Å². The summed E-state index contributed by atoms with van der Waals surface area (Å²) in [6.07, 6.45) is 2.16. The van der Waals surface area contributed by atoms with Gasteiger partial charge in [-0.3, -0.25) is 4.79 Å². The quantitative estimate of drug-likeness (QED) is 0.893. The van der Waals surface area contributed by atoms with E-state index in [9.17, 15) is 4.79 Å². The molecule has 1 aromatic heterocycles. The Morgan fingerprint density at radius 1 is 1.50 bits per heavy atom. The summed E-state index contributed by atoms with van der Waals surface area (Å²) in [7, 11) is 0. The van der Waals surface area contributed by atoms with Crippen molar-refractivity contribution in [3.8, 4) is 0 Å². The van der Waals surface area contributed by atoms with Crippen LogP contribution in [0.2, 0.25) is 5.02 Å². The molecule has 106 valence electrons. The predicted molar refractivity (Wildman–Crippen MR) is 84.9 cm³/mol. The second-order valence-electron chi connectivity index (χ2n) is 5.19. The Bertz CT molecular complexity index is 647. The Balaban J connectivity index is 1.87. The predicted octanol–water partition coefficient (Wildman–Crippen LogP) is 3.34. The fraction of sp³-hybridized carbons (Fsp3) is 0.400. The van der Waals surface area contributed by atoms with Crippen molar-refractivity contribution in [2.24, 2.45) is 0 Å². The van der Waals surface area contributed by atoms with Gasteiger partial charge < -0.3 is 10.6 Å². The van der Waals surface area contributed by atoms with Crippen molar-refractivity contribution >= 4 is 38.9 Å². The molecule has 1 aromatic carbocycles. The lowest BCUT2D eigenvalue weighted by atomic mass is 10.1. The lowest BCUT2D eigenvalue weighted by Gasteiger charge is -2.23. The first-order valence-electron chi connectivity index (χ1n) is 6.86. The molecule has 3 nitrogen and oxygen atoms in total. The summed E-state index contributed by atoms with van der Waals surface area (Å²) in [4.78, 5) is 13.2. The van der Waals surface area contributed by atoms with Gasteiger partial charge in [0.05, 0.1) is 4.88 Å². The Kier molecular flexibility index (Phi) is 3.96. The van der Waals surface area contributed by atoms with Crippen LogP contribution in [0.4, 0.5) is 0 Å². The highest BCUT2D eigenvalue weighted by Gasteiger charge is 2.21. The Morgan fingerprint density at radius 2 is 2.35 bits per heavy atom. The molecule has 3 rings (SSSR count). The van der Waals surface area contributed by atoms with Gasteiger partial charge in [-0.2, -0.15) is 0 Å². The largest absolute Gasteiger partial charge is 0.347 e. The van der Waals surface area contributed by atoms with Crippen LogP contribution in [0.3, 0.4) is 0 Å². The lowest BCUT2D eigenvalue weighted by Crippen LogP contribution is -2.45. The van der Waals surface area contributed by atoms with E-state index in [-0.39, 0.29) is 11.9 Å². The molecule has 0 aliphatic carbocycles. The maximum Gasteiger partial charge on any atom is 0.261 e. The lowest BCUT2D eigenvalue weighted by molar-refractivity contribution is 0.0934. The zero-order chi connectivity index (χ0) is 14.1. The fourth-order valence-electron chi connectivity index (χ4n) is 2.70. The molecule has 0 radical (unpaired) electrons. The van der Waals surface area contributed by atoms with Crippen molar-refractivity contribution in [2.75, 3.05) is 13.1 Å². The number of benzene rings is 1. The van der Waals surface area contributed by atoms with E-state index in [0.717, 1.165) is 51.5 Å². The normalized spacial score (nSPS) is 19.2. The molecule has 0 bridgehead atoms. The molecule has 20 heavy (non-hydrogen) atoms. The number of hydrogen-bond donors (Lipinski definition) is 2. The molecule has 1 aliphatic heterocycles. The topological polar surface area (TPSA) is 41.1 Å². The van der Waals surface area contributed by atoms with Gasteiger partial charge in [0, 0.05) is 27.7 Å². The zero-order valence-corrected chi connectivity index (χ0v) is 12.9. The van der Waals surface area contributed by atoms with E-state index >= 15 is 0 Å². The summed E-state index contributed by atoms with van der Waals surface area (Å²) < 4.78 is 1.07. The average molecular weight is 309 g/mol. The molecule has 1 fully saturated rings. The standard InChI is InChI=1S/C15H17ClN2OS/c1-9-13-11(16)5-2-6-12(13)20-14(9)15(19)18-10-4-3-7-17-8-10/h2,5-6,10,17H,3-4,7-8H2,1H3,(H,18,19)/t10-/m1/s1. The van der Waals surface area contributed by atoms with Crippen LogP contribution in [0.25, 0.3) is 10.1 Å². The number of amides is 1. The van der Waals surface area contributed by atoms with E-state index in [4.69, 9.17) is 11.6 Å². The molecule has 2 heterocycles. The van der Waals surface area contributed by atoms with Crippen LogP contribution in [0.5, 0.6) is 0 Å². The van der Waals surface area contributed by atoms with Gasteiger partial charge >= 0.3 is 0 Å². The Hall–Kier alpha value is -1.10. The Morgan fingerprint density at radius 3 is 3.05 bits per heavy atom. The SMILES string of the molecule is Cc1c(C(=O)N[C@@H]2CCCNC2)sc2cccc(Cl)c12. The number of hydrogen-bond acceptors (Lipinski definition) is 3. The molecule has 0 unspecified atom stereocenters. The molecule has 2 N–H and O–H groups in total. The summed E-state index contributed by atoms with van der Waals surface area (Å²) in [6, 6.07) is 6.04. The van der Waals surface area contributed by atoms with Crippen LogP contribution in [0.15, 0.2) is 18.2 Å². The van der Waals surface area contributed by atoms with Crippen molar-refractivity contribution in [2.45, 2.75) is 25.8 Å². The van der Waals surface area contributed by atoms with E-state index in [0.29, 0.717) is 0 Å². The monoisotopic (exact) mass is 308 g/mol. The van der Waals surface area contributed by atoms with Crippen molar-refractivity contribution in [3.05, 3.63) is 33.7 Å². The minimum absolute atomic E-state index is 0.0217. The molecule has 1 aliphatic rings. The molecule has 1 saturated heterocycles. The highest BCUT2D eigenvalue weighted by molar-refractivity contribution is 7.21. The molecular weight excluding hydrogens is 292 g/mol. The van der Waals surface area contributed by atoms with Crippen molar-refractivity contribution in [1.82, 2.24) is 10.6 Å². The molecule has 0 spiro atoms. The summed E-state index contributed by atoms with van der Waals surface area (Å²) in [5.74, 6) is 0.0217. The molecule has 5 heteroatoms. The van der Waals surface area contributed by atoms with Crippen molar-refractivity contribution < 1.29 is 4.79 Å². The van der Waals surface area contributed by atoms with Crippen LogP contribution in [-0.2, 0) is 0 Å². The third kappa shape index (κ3) is 2.55. The second-order valence-corrected chi connectivity index (χ2v) is 6.65. The number of thiophene rings is 1. The van der Waals surface area contributed by atoms with Crippen LogP contribution < -0.4 is 10.6 Å². The van der Waals surface area contributed by atoms with Crippen LogP contribution in [0.1, 0.15) is 28.1 Å². The smallest absolute Gasteiger partial charge is 0.261 e. The zero-order valence-electron chi connectivity index (χ0n) is 11.3. The fourth-order valence-corrected chi connectivity index (χ4v) is 4.21. The number of rotatable bonds is 2. The number of nitrogens with one attached hydrogen (secondary N) is 2. The number of aryl methyl sites for hydroxylation is 1. The third-order valence-electron chi connectivity index (χ3n) is 3.74. The first-order valence-corrected chi connectivity index (χ1v) is 8.05. The van der Waals surface area contributed by atoms with E-state index in [1.165, 1.54) is 11.3 Å². The van der Waals surface area contributed by atoms with Gasteiger partial charge in [0.25, 0.3) is 5.91 Å². The highest BCUT2D eigenvalue weighted by atomic mass is 35.5. The minimum atomic E-state index is 0.0217. The van der Waals surface area contributed by atoms with Gasteiger partial charge in [0.15, 0.2) is 0 Å². The summed E-state index contributed by atoms with van der Waals surface area (Å²) >= 11 is 7.76. The third-order valence-corrected chi connectivity index (χ3v) is 5.31. The number of fused-ring (bicyclic) bond motifs is 1. The van der Waals surface area contributed by atoms with Crippen LogP contribution in [0, 0.1) is 6.92 Å². The highest BCUT2D eigenvalue weighted by Crippen LogP contribution is 2.35. The van der Waals surface area contributed by atoms with E-state index in [1.807, 2.05) is 25.1 Å². The summed E-state index contributed by atoms with van der Waals surface area (Å²) in [5.41, 5.74) is 0.983. The summed E-state index contributed by atoms with van der Waals surface area (Å²) in [5, 5.41) is 8.15. The number of piperidine rings is 1. The molecule has 1 atom stereocenters. The Labute approximate surface area is 127 Å². The van der Waals surface area contributed by atoms with Gasteiger partial charge in [-0.1, -0.05) is 17.7 Å². The number of carbonyl (C=O) groups excluding carboxylic acids is 1. The summed E-state index contributed by atoms with van der Waals surface area (Å²) in [6.45, 7) is 3.87. The maximum atomic E-state index is 12.4. The first kappa shape index (κ1) is 13.9. The molecular formula is C15H17ClN2OS. The van der Waals surface area contributed by atoms with E-state index in [2.05, 4.69) is 10.6 Å². The number of carbonyl (C=O) groups is 1. The van der Waals surface area contributed by atoms with Crippen LogP contribution >= 0.6 is 22.9 Å². The average Bonchev–Trinajstić information content (AvgIpc) is 2.79. The molecule has 2 aromatic rings. The maximum absolute atomic E-state index is 12.4. The van der Waals surface area contributed by atoms with Gasteiger partial charge in [-0.05, 0) is 44.0 Å². The molecule has 0 saturated carbocycles. The van der Waals surface area contributed by atoms with Crippen molar-refractivity contribution in [1.29, 1.82) is 0 Å². The molecule has 1 amide bonds. The minimum Gasteiger partial charge on any atom is -0.347 e. The van der Waals surface area contributed by atoms with Crippen molar-refractivity contribution in [3.63, 3.8) is 0 Å². The van der Waals surface area contributed by atoms with Gasteiger partial charge in [-0.25, -0.2) is 0 Å². The first-order chi connectivity index (χ1) is 9.66. The van der Waals surface area contributed by atoms with Gasteiger partial charge in [0.2, 0.25) is 0 Å². The number of halogens is 1. The van der Waals surface area contributed by atoms with Crippen LogP contribution in [-0.4, -0.2) is 25.0 Å². The van der Waals surface area contributed by atoms with Gasteiger partial charge in [-0.15, -0.1) is 11.3 Å². The van der Waals surface area contributed by atoms with Gasteiger partial charge in [0.1, 0.15) is 0 Å².